The first-order valence-corrected chi connectivity index (χ1v) is 15.9. The number of hydrogen-bond donors (Lipinski definition) is 0. The van der Waals surface area contributed by atoms with E-state index in [4.69, 9.17) is 30.9 Å². The van der Waals surface area contributed by atoms with Crippen LogP contribution in [0, 0.1) is 6.57 Å². The van der Waals surface area contributed by atoms with E-state index in [-0.39, 0.29) is 0 Å². The van der Waals surface area contributed by atoms with Gasteiger partial charge >= 0.3 is 6.01 Å². The molecule has 0 bridgehead atoms. The Kier molecular flexibility index (Phi) is 5.77. The van der Waals surface area contributed by atoms with E-state index in [1.54, 1.807) is 12.1 Å². The van der Waals surface area contributed by atoms with Crippen LogP contribution in [0.3, 0.4) is 0 Å². The van der Waals surface area contributed by atoms with Gasteiger partial charge in [0.25, 0.3) is 0 Å². The van der Waals surface area contributed by atoms with Gasteiger partial charge < -0.3 is 4.42 Å². The molecule has 10 rings (SSSR count). The molecule has 8 nitrogen and oxygen atoms in total. The number of oxazole rings is 1. The third-order valence-corrected chi connectivity index (χ3v) is 9.05. The maximum Gasteiger partial charge on any atom is 0.307 e. The zero-order chi connectivity index (χ0) is 32.5. The fourth-order valence-electron chi connectivity index (χ4n) is 6.86. The molecule has 0 unspecified atom stereocenters. The van der Waals surface area contributed by atoms with Crippen LogP contribution in [0.2, 0.25) is 0 Å². The first-order chi connectivity index (χ1) is 24.2. The quantitative estimate of drug-likeness (QED) is 0.181. The number of aromatic nitrogens is 6. The molecule has 0 aliphatic heterocycles. The van der Waals surface area contributed by atoms with Crippen molar-refractivity contribution in [3.63, 3.8) is 0 Å². The summed E-state index contributed by atoms with van der Waals surface area (Å²) < 4.78 is 10.7. The lowest BCUT2D eigenvalue weighted by atomic mass is 10.1. The molecule has 0 radical (unpaired) electrons. The molecular formula is C41H23N7O. The monoisotopic (exact) mass is 629 g/mol. The van der Waals surface area contributed by atoms with Crippen molar-refractivity contribution in [2.45, 2.75) is 0 Å². The predicted molar refractivity (Wildman–Crippen MR) is 193 cm³/mol. The first-order valence-electron chi connectivity index (χ1n) is 15.9. The summed E-state index contributed by atoms with van der Waals surface area (Å²) in [6.07, 6.45) is 0. The minimum absolute atomic E-state index is 0.478. The van der Waals surface area contributed by atoms with Crippen LogP contribution in [0.4, 0.5) is 5.69 Å². The molecule has 0 saturated carbocycles. The molecule has 10 aromatic rings. The molecule has 8 heteroatoms. The minimum atomic E-state index is 0.478. The molecule has 0 amide bonds. The lowest BCUT2D eigenvalue weighted by Crippen LogP contribution is -2.07. The highest BCUT2D eigenvalue weighted by molar-refractivity contribution is 6.23. The Hall–Kier alpha value is -7.11. The van der Waals surface area contributed by atoms with Crippen LogP contribution in [0.1, 0.15) is 0 Å². The van der Waals surface area contributed by atoms with Crippen molar-refractivity contribution < 1.29 is 4.42 Å². The Labute approximate surface area is 279 Å². The van der Waals surface area contributed by atoms with Gasteiger partial charge in [-0.25, -0.2) is 9.83 Å². The summed E-state index contributed by atoms with van der Waals surface area (Å²) in [5.74, 6) is 1.54. The van der Waals surface area contributed by atoms with Crippen molar-refractivity contribution in [2.24, 2.45) is 0 Å². The lowest BCUT2D eigenvalue weighted by Gasteiger charge is -2.12. The van der Waals surface area contributed by atoms with Crippen molar-refractivity contribution in [3.8, 4) is 34.7 Å². The Morgan fingerprint density at radius 3 is 1.73 bits per heavy atom. The van der Waals surface area contributed by atoms with Crippen LogP contribution < -0.4 is 0 Å². The molecule has 228 valence electrons. The van der Waals surface area contributed by atoms with E-state index in [0.717, 1.165) is 65.8 Å². The van der Waals surface area contributed by atoms with Gasteiger partial charge in [-0.1, -0.05) is 115 Å². The summed E-state index contributed by atoms with van der Waals surface area (Å²) in [6.45, 7) is 7.43. The highest BCUT2D eigenvalue weighted by atomic mass is 16.4. The van der Waals surface area contributed by atoms with E-state index >= 15 is 0 Å². The lowest BCUT2D eigenvalue weighted by molar-refractivity contribution is 0.574. The second kappa shape index (κ2) is 10.5. The van der Waals surface area contributed by atoms with Gasteiger partial charge in [-0.2, -0.15) is 15.0 Å². The van der Waals surface area contributed by atoms with Crippen molar-refractivity contribution >= 4 is 60.4 Å². The molecule has 0 aliphatic carbocycles. The van der Waals surface area contributed by atoms with Gasteiger partial charge in [0.15, 0.2) is 22.9 Å². The van der Waals surface area contributed by atoms with Crippen LogP contribution in [0.5, 0.6) is 0 Å². The molecular weight excluding hydrogens is 606 g/mol. The second-order valence-electron chi connectivity index (χ2n) is 11.8. The molecule has 6 aromatic carbocycles. The van der Waals surface area contributed by atoms with E-state index in [1.807, 2.05) is 78.9 Å². The second-order valence-corrected chi connectivity index (χ2v) is 11.8. The van der Waals surface area contributed by atoms with Crippen LogP contribution in [0.25, 0.3) is 94.3 Å². The first kappa shape index (κ1) is 27.0. The Bertz CT molecular complexity index is 2910. The van der Waals surface area contributed by atoms with Crippen LogP contribution >= 0.6 is 0 Å². The molecule has 0 atom stereocenters. The minimum Gasteiger partial charge on any atom is -0.423 e. The average Bonchev–Trinajstić information content (AvgIpc) is 3.85. The van der Waals surface area contributed by atoms with E-state index in [2.05, 4.69) is 62.5 Å². The maximum absolute atomic E-state index is 7.43. The van der Waals surface area contributed by atoms with Gasteiger partial charge in [0.1, 0.15) is 5.52 Å². The Balaban J connectivity index is 1.37. The fourth-order valence-corrected chi connectivity index (χ4v) is 6.86. The molecule has 0 spiro atoms. The summed E-state index contributed by atoms with van der Waals surface area (Å²) in [6, 6.07) is 46.6. The summed E-state index contributed by atoms with van der Waals surface area (Å²) in [4.78, 5) is 23.8. The third kappa shape index (κ3) is 4.10. The normalized spacial score (nSPS) is 11.7. The summed E-state index contributed by atoms with van der Waals surface area (Å²) in [5, 5.41) is 4.26. The van der Waals surface area contributed by atoms with Crippen molar-refractivity contribution in [3.05, 3.63) is 151 Å². The average molecular weight is 630 g/mol. The van der Waals surface area contributed by atoms with Crippen molar-refractivity contribution in [2.75, 3.05) is 0 Å². The summed E-state index contributed by atoms with van der Waals surface area (Å²) in [5.41, 5.74) is 7.52. The van der Waals surface area contributed by atoms with Crippen LogP contribution in [-0.4, -0.2) is 29.1 Å². The fraction of sp³-hybridized carbons (Fsp3) is 0. The molecule has 0 fully saturated rings. The zero-order valence-corrected chi connectivity index (χ0v) is 25.8. The Morgan fingerprint density at radius 2 is 1.06 bits per heavy atom. The molecule has 49 heavy (non-hydrogen) atoms. The van der Waals surface area contributed by atoms with Gasteiger partial charge in [-0.3, -0.25) is 9.13 Å². The number of rotatable bonds is 4. The largest absolute Gasteiger partial charge is 0.423 e. The molecule has 0 aliphatic rings. The highest BCUT2D eigenvalue weighted by Gasteiger charge is 2.24. The van der Waals surface area contributed by atoms with E-state index in [0.29, 0.717) is 29.3 Å². The molecule has 4 heterocycles. The van der Waals surface area contributed by atoms with E-state index < -0.39 is 0 Å². The van der Waals surface area contributed by atoms with Gasteiger partial charge in [-0.15, -0.1) is 0 Å². The number of fused-ring (bicyclic) bond motifs is 8. The maximum atomic E-state index is 7.43. The number of para-hydroxylation sites is 4. The topological polar surface area (TPSA) is 78.9 Å². The summed E-state index contributed by atoms with van der Waals surface area (Å²) in [7, 11) is 0. The van der Waals surface area contributed by atoms with E-state index in [1.165, 1.54) is 0 Å². The van der Waals surface area contributed by atoms with Crippen LogP contribution in [0.15, 0.2) is 144 Å². The molecule has 4 aromatic heterocycles. The number of benzene rings is 6. The van der Waals surface area contributed by atoms with Crippen molar-refractivity contribution in [1.29, 1.82) is 0 Å². The highest BCUT2D eigenvalue weighted by Crippen LogP contribution is 2.41. The van der Waals surface area contributed by atoms with Gasteiger partial charge in [0, 0.05) is 32.7 Å². The summed E-state index contributed by atoms with van der Waals surface area (Å²) >= 11 is 0. The van der Waals surface area contributed by atoms with Gasteiger partial charge in [-0.05, 0) is 24.3 Å². The number of hydrogen-bond acceptors (Lipinski definition) is 5. The third-order valence-electron chi connectivity index (χ3n) is 9.05. The van der Waals surface area contributed by atoms with Crippen LogP contribution in [-0.2, 0) is 0 Å². The van der Waals surface area contributed by atoms with E-state index in [9.17, 15) is 0 Å². The van der Waals surface area contributed by atoms with Crippen molar-refractivity contribution in [1.82, 2.24) is 29.1 Å². The zero-order valence-electron chi connectivity index (χ0n) is 25.8. The van der Waals surface area contributed by atoms with Gasteiger partial charge in [0.2, 0.25) is 5.95 Å². The SMILES string of the molecule is [C-]#[N+]c1ccc(-c2nc(-c3ccccc3)nc(-n3c4ccccc4c4ccc5c6ccccc6n(-c6nc7ccccc7o6)c5c43)n2)cc1. The molecule has 0 N–H and O–H groups in total. The standard InChI is InChI=1S/C41H23N7O/c1-42-27-21-19-26(20-22-27)39-44-38(25-11-3-2-4-12-25)45-40(46-39)47-33-16-8-5-13-28(33)30-23-24-31-29-14-6-9-17-34(29)48(37(31)36(30)47)41-43-32-15-7-10-18-35(32)49-41/h2-24H. The Morgan fingerprint density at radius 1 is 0.490 bits per heavy atom. The van der Waals surface area contributed by atoms with Gasteiger partial charge in [0.05, 0.1) is 28.6 Å². The molecule has 0 saturated heterocycles. The smallest absolute Gasteiger partial charge is 0.307 e. The predicted octanol–water partition coefficient (Wildman–Crippen LogP) is 10.1. The number of nitrogens with zero attached hydrogens (tertiary/aromatic N) is 7.